The molecule has 1 aliphatic heterocycles. The molecule has 3 N–H and O–H groups in total. The van der Waals surface area contributed by atoms with Crippen molar-refractivity contribution in [1.82, 2.24) is 4.98 Å². The van der Waals surface area contributed by atoms with Gasteiger partial charge in [0.25, 0.3) is 0 Å². The van der Waals surface area contributed by atoms with Crippen molar-refractivity contribution in [3.8, 4) is 16.2 Å². The molecule has 23 heavy (non-hydrogen) atoms. The van der Waals surface area contributed by atoms with E-state index in [2.05, 4.69) is 4.98 Å². The number of hydrogen-bond donors (Lipinski definition) is 3. The lowest BCUT2D eigenvalue weighted by Crippen LogP contribution is -2.50. The predicted octanol–water partition coefficient (Wildman–Crippen LogP) is 1.96. The summed E-state index contributed by atoms with van der Waals surface area (Å²) in [5.74, 6) is 0.948. The molecule has 2 aromatic rings. The van der Waals surface area contributed by atoms with E-state index >= 15 is 0 Å². The number of aliphatic hydroxyl groups is 3. The van der Waals surface area contributed by atoms with Crippen LogP contribution in [0.2, 0.25) is 0 Å². The van der Waals surface area contributed by atoms with Crippen molar-refractivity contribution in [2.45, 2.75) is 37.6 Å². The van der Waals surface area contributed by atoms with E-state index in [0.717, 1.165) is 21.1 Å². The van der Waals surface area contributed by atoms with Crippen molar-refractivity contribution in [3.05, 3.63) is 35.0 Å². The normalized spacial score (nSPS) is 27.9. The summed E-state index contributed by atoms with van der Waals surface area (Å²) in [4.78, 5) is 5.53. The van der Waals surface area contributed by atoms with Crippen LogP contribution in [0.1, 0.15) is 10.7 Å². The standard InChI is InChI=1S/C16H19NO4S2/c1-8-15(23-9(2)17-8)10-4-3-5-11(6-10)21-16-14(20)13(19)12(18)7-22-16/h3-6,12-14,16,18-20H,7H2,1-2H3/t12-,13+,14-,16+/m1/s1. The lowest BCUT2D eigenvalue weighted by molar-refractivity contribution is -0.0786. The topological polar surface area (TPSA) is 82.8 Å². The summed E-state index contributed by atoms with van der Waals surface area (Å²) in [5.41, 5.74) is 1.39. The first-order valence-electron chi connectivity index (χ1n) is 7.32. The maximum Gasteiger partial charge on any atom is 0.173 e. The fourth-order valence-corrected chi connectivity index (χ4v) is 4.56. The number of aromatic nitrogens is 1. The molecule has 0 radical (unpaired) electrons. The van der Waals surface area contributed by atoms with Crippen LogP contribution in [0.3, 0.4) is 0 Å². The second-order valence-corrected chi connectivity index (χ2v) is 7.88. The van der Waals surface area contributed by atoms with Crippen LogP contribution in [0.25, 0.3) is 10.4 Å². The van der Waals surface area contributed by atoms with Crippen LogP contribution < -0.4 is 4.74 Å². The molecule has 4 atom stereocenters. The number of benzene rings is 1. The number of thiazole rings is 1. The summed E-state index contributed by atoms with van der Waals surface area (Å²) in [6.07, 6.45) is -3.24. The second-order valence-electron chi connectivity index (χ2n) is 5.54. The molecule has 1 aromatic heterocycles. The maximum absolute atomic E-state index is 10.0. The molecule has 124 valence electrons. The molecule has 0 saturated carbocycles. The summed E-state index contributed by atoms with van der Waals surface area (Å²) in [5, 5.41) is 30.4. The maximum atomic E-state index is 10.0. The Hall–Kier alpha value is -1.12. The molecule has 7 heteroatoms. The molecule has 3 rings (SSSR count). The van der Waals surface area contributed by atoms with E-state index in [1.807, 2.05) is 38.1 Å². The number of rotatable bonds is 3. The van der Waals surface area contributed by atoms with Gasteiger partial charge in [0.2, 0.25) is 0 Å². The highest BCUT2D eigenvalue weighted by molar-refractivity contribution is 7.99. The minimum atomic E-state index is -1.18. The van der Waals surface area contributed by atoms with Gasteiger partial charge in [-0.05, 0) is 31.5 Å². The molecule has 0 amide bonds. The Morgan fingerprint density at radius 1 is 1.17 bits per heavy atom. The number of aryl methyl sites for hydroxylation is 2. The lowest BCUT2D eigenvalue weighted by Gasteiger charge is -2.34. The van der Waals surface area contributed by atoms with Gasteiger partial charge in [-0.25, -0.2) is 4.98 Å². The van der Waals surface area contributed by atoms with Gasteiger partial charge < -0.3 is 20.1 Å². The number of aliphatic hydroxyl groups excluding tert-OH is 3. The Labute approximate surface area is 143 Å². The van der Waals surface area contributed by atoms with Crippen LogP contribution >= 0.6 is 23.1 Å². The van der Waals surface area contributed by atoms with Gasteiger partial charge in [-0.2, -0.15) is 0 Å². The average Bonchev–Trinajstić information content (AvgIpc) is 2.87. The first-order chi connectivity index (χ1) is 11.0. The fourth-order valence-electron chi connectivity index (χ4n) is 2.53. The van der Waals surface area contributed by atoms with Crippen molar-refractivity contribution in [3.63, 3.8) is 0 Å². The van der Waals surface area contributed by atoms with Crippen LogP contribution in [-0.2, 0) is 0 Å². The summed E-state index contributed by atoms with van der Waals surface area (Å²) in [6, 6.07) is 7.61. The van der Waals surface area contributed by atoms with Crippen LogP contribution in [-0.4, -0.2) is 49.8 Å². The zero-order chi connectivity index (χ0) is 16.6. The average molecular weight is 353 g/mol. The smallest absolute Gasteiger partial charge is 0.173 e. The van der Waals surface area contributed by atoms with E-state index in [9.17, 15) is 15.3 Å². The third-order valence-electron chi connectivity index (χ3n) is 3.71. The van der Waals surface area contributed by atoms with Crippen LogP contribution in [0.15, 0.2) is 24.3 Å². The van der Waals surface area contributed by atoms with Gasteiger partial charge in [-0.15, -0.1) is 23.1 Å². The number of thioether (sulfide) groups is 1. The lowest BCUT2D eigenvalue weighted by atomic mass is 10.1. The summed E-state index contributed by atoms with van der Waals surface area (Å²) in [7, 11) is 0. The van der Waals surface area contributed by atoms with Crippen LogP contribution in [0.4, 0.5) is 0 Å². The van der Waals surface area contributed by atoms with E-state index in [-0.39, 0.29) is 0 Å². The molecule has 0 aliphatic carbocycles. The third-order valence-corrected chi connectivity index (χ3v) is 6.07. The molecule has 1 fully saturated rings. The fraction of sp³-hybridized carbons (Fsp3) is 0.438. The Morgan fingerprint density at radius 2 is 1.96 bits per heavy atom. The Bertz CT molecular complexity index is 690. The molecule has 1 aliphatic rings. The Kier molecular flexibility index (Phi) is 4.93. The van der Waals surface area contributed by atoms with Crippen molar-refractivity contribution >= 4 is 23.1 Å². The highest BCUT2D eigenvalue weighted by Gasteiger charge is 2.38. The highest BCUT2D eigenvalue weighted by Crippen LogP contribution is 2.34. The molecule has 0 unspecified atom stereocenters. The first kappa shape index (κ1) is 16.7. The molecule has 2 heterocycles. The number of hydrogen-bond acceptors (Lipinski definition) is 7. The zero-order valence-corrected chi connectivity index (χ0v) is 14.5. The largest absolute Gasteiger partial charge is 0.477 e. The van der Waals surface area contributed by atoms with Crippen molar-refractivity contribution in [2.75, 3.05) is 5.75 Å². The quantitative estimate of drug-likeness (QED) is 0.782. The van der Waals surface area contributed by atoms with Gasteiger partial charge in [-0.3, -0.25) is 0 Å². The van der Waals surface area contributed by atoms with Crippen molar-refractivity contribution in [1.29, 1.82) is 0 Å². The zero-order valence-electron chi connectivity index (χ0n) is 12.8. The van der Waals surface area contributed by atoms with Crippen molar-refractivity contribution < 1.29 is 20.1 Å². The van der Waals surface area contributed by atoms with Gasteiger partial charge in [0.15, 0.2) is 5.44 Å². The van der Waals surface area contributed by atoms with E-state index in [1.165, 1.54) is 11.8 Å². The number of nitrogens with zero attached hydrogens (tertiary/aromatic N) is 1. The minimum absolute atomic E-state index is 0.329. The number of ether oxygens (including phenoxy) is 1. The molecular formula is C16H19NO4S2. The first-order valence-corrected chi connectivity index (χ1v) is 9.19. The van der Waals surface area contributed by atoms with E-state index in [4.69, 9.17) is 4.74 Å². The Morgan fingerprint density at radius 3 is 2.65 bits per heavy atom. The van der Waals surface area contributed by atoms with Gasteiger partial charge in [0, 0.05) is 5.75 Å². The Balaban J connectivity index is 1.79. The van der Waals surface area contributed by atoms with Gasteiger partial charge in [0.1, 0.15) is 18.0 Å². The molecular weight excluding hydrogens is 334 g/mol. The van der Waals surface area contributed by atoms with Crippen LogP contribution in [0.5, 0.6) is 5.75 Å². The predicted molar refractivity (Wildman–Crippen MR) is 91.9 cm³/mol. The summed E-state index contributed by atoms with van der Waals surface area (Å²) in [6.45, 7) is 3.95. The van der Waals surface area contributed by atoms with Crippen molar-refractivity contribution in [2.24, 2.45) is 0 Å². The molecule has 0 bridgehead atoms. The van der Waals surface area contributed by atoms with E-state index in [0.29, 0.717) is 11.5 Å². The van der Waals surface area contributed by atoms with E-state index < -0.39 is 23.7 Å². The van der Waals surface area contributed by atoms with Crippen LogP contribution in [0, 0.1) is 13.8 Å². The summed E-state index contributed by atoms with van der Waals surface area (Å²) >= 11 is 2.92. The minimum Gasteiger partial charge on any atom is -0.477 e. The third kappa shape index (κ3) is 3.54. The molecule has 1 saturated heterocycles. The van der Waals surface area contributed by atoms with Gasteiger partial charge >= 0.3 is 0 Å². The highest BCUT2D eigenvalue weighted by atomic mass is 32.2. The molecule has 1 aromatic carbocycles. The van der Waals surface area contributed by atoms with Gasteiger partial charge in [-0.1, -0.05) is 12.1 Å². The SMILES string of the molecule is Cc1nc(C)c(-c2cccc(O[C@H]3SC[C@@H](O)[C@H](O)[C@H]3O)c2)s1. The van der Waals surface area contributed by atoms with Gasteiger partial charge in [0.05, 0.1) is 21.7 Å². The summed E-state index contributed by atoms with van der Waals surface area (Å²) < 4.78 is 5.82. The monoisotopic (exact) mass is 353 g/mol. The second kappa shape index (κ2) is 6.78. The molecule has 5 nitrogen and oxygen atoms in total. The molecule has 0 spiro atoms. The van der Waals surface area contributed by atoms with E-state index in [1.54, 1.807) is 11.3 Å².